The first-order valence-corrected chi connectivity index (χ1v) is 11.8. The van der Waals surface area contributed by atoms with Crippen LogP contribution in [-0.4, -0.2) is 34.1 Å². The zero-order valence-electron chi connectivity index (χ0n) is 18.0. The Balaban J connectivity index is 1.47. The molecule has 32 heavy (non-hydrogen) atoms. The summed E-state index contributed by atoms with van der Waals surface area (Å²) < 4.78 is 0. The number of nitrogens with zero attached hydrogens (tertiary/aromatic N) is 2. The molecule has 1 N–H and O–H groups in total. The number of carbonyl (C=O) groups is 2. The van der Waals surface area contributed by atoms with Gasteiger partial charge in [-0.15, -0.1) is 0 Å². The molecule has 0 spiro atoms. The minimum atomic E-state index is -0.341. The van der Waals surface area contributed by atoms with Crippen molar-refractivity contribution in [2.45, 2.75) is 26.3 Å². The average molecular weight is 444 g/mol. The predicted molar refractivity (Wildman–Crippen MR) is 130 cm³/mol. The Kier molecular flexibility index (Phi) is 5.81. The van der Waals surface area contributed by atoms with Crippen LogP contribution in [0.1, 0.15) is 30.9 Å². The van der Waals surface area contributed by atoms with Crippen LogP contribution in [0.15, 0.2) is 59.6 Å². The largest absolute Gasteiger partial charge is 0.299 e. The summed E-state index contributed by atoms with van der Waals surface area (Å²) in [5, 5.41) is 3.00. The lowest BCUT2D eigenvalue weighted by Gasteiger charge is -2.30. The number of amides is 2. The van der Waals surface area contributed by atoms with Crippen LogP contribution >= 0.6 is 11.8 Å². The van der Waals surface area contributed by atoms with E-state index in [-0.39, 0.29) is 11.1 Å². The van der Waals surface area contributed by atoms with E-state index in [9.17, 15) is 9.59 Å². The summed E-state index contributed by atoms with van der Waals surface area (Å²) in [5.41, 5.74) is 5.37. The summed E-state index contributed by atoms with van der Waals surface area (Å²) in [6.45, 7) is 5.64. The van der Waals surface area contributed by atoms with Gasteiger partial charge in [0.1, 0.15) is 0 Å². The van der Waals surface area contributed by atoms with Crippen LogP contribution in [0.25, 0.3) is 28.1 Å². The quantitative estimate of drug-likeness (QED) is 0.543. The molecular weight excluding hydrogens is 418 g/mol. The average Bonchev–Trinajstić information content (AvgIpc) is 3.11. The Bertz CT molecular complexity index is 1230. The van der Waals surface area contributed by atoms with Crippen molar-refractivity contribution >= 4 is 39.9 Å². The molecule has 0 bridgehead atoms. The number of hydrogen-bond donors (Lipinski definition) is 1. The molecule has 2 aromatic carbocycles. The van der Waals surface area contributed by atoms with Gasteiger partial charge >= 0.3 is 0 Å². The second kappa shape index (κ2) is 8.88. The Morgan fingerprint density at radius 1 is 1.12 bits per heavy atom. The fourth-order valence-corrected chi connectivity index (χ4v) is 5.08. The Hall–Kier alpha value is -2.96. The van der Waals surface area contributed by atoms with Crippen molar-refractivity contribution in [2.75, 3.05) is 13.1 Å². The summed E-state index contributed by atoms with van der Waals surface area (Å²) >= 11 is 0.934. The summed E-state index contributed by atoms with van der Waals surface area (Å²) in [6.07, 6.45) is 6.14. The molecular formula is C26H25N3O2S. The highest BCUT2D eigenvalue weighted by molar-refractivity contribution is 8.18. The van der Waals surface area contributed by atoms with Crippen molar-refractivity contribution in [2.24, 2.45) is 5.92 Å². The molecule has 162 valence electrons. The second-order valence-corrected chi connectivity index (χ2v) is 9.66. The zero-order chi connectivity index (χ0) is 22.1. The van der Waals surface area contributed by atoms with Crippen LogP contribution in [-0.2, 0) is 11.3 Å². The summed E-state index contributed by atoms with van der Waals surface area (Å²) in [6, 6.07) is 16.7. The molecule has 1 aromatic heterocycles. The highest BCUT2D eigenvalue weighted by Crippen LogP contribution is 2.31. The number of fused-ring (bicyclic) bond motifs is 1. The third-order valence-electron chi connectivity index (χ3n) is 6.23. The number of pyridine rings is 1. The molecule has 5 nitrogen and oxygen atoms in total. The van der Waals surface area contributed by atoms with Crippen molar-refractivity contribution < 1.29 is 9.59 Å². The van der Waals surface area contributed by atoms with Gasteiger partial charge in [0.15, 0.2) is 0 Å². The molecule has 2 fully saturated rings. The van der Waals surface area contributed by atoms with E-state index in [0.717, 1.165) is 64.9 Å². The molecule has 0 unspecified atom stereocenters. The van der Waals surface area contributed by atoms with Gasteiger partial charge in [-0.1, -0.05) is 31.2 Å². The van der Waals surface area contributed by atoms with Crippen molar-refractivity contribution in [3.05, 3.63) is 70.8 Å². The van der Waals surface area contributed by atoms with Crippen molar-refractivity contribution in [3.63, 3.8) is 0 Å². The van der Waals surface area contributed by atoms with Gasteiger partial charge in [0.05, 0.1) is 10.4 Å². The van der Waals surface area contributed by atoms with Gasteiger partial charge in [-0.2, -0.15) is 0 Å². The van der Waals surface area contributed by atoms with Crippen LogP contribution in [0.4, 0.5) is 4.79 Å². The maximum absolute atomic E-state index is 11.9. The number of imide groups is 1. The SMILES string of the molecule is CC1CCN(Cc2cccc(-c3ccnc4ccc(C=C5SC(=O)NC5=O)cc34)c2)CC1. The Morgan fingerprint density at radius 2 is 1.97 bits per heavy atom. The van der Waals surface area contributed by atoms with E-state index in [1.165, 1.54) is 18.4 Å². The standard InChI is InChI=1S/C26H25N3O2S/c1-17-8-11-29(12-9-17)16-19-3-2-4-20(13-19)21-7-10-27-23-6-5-18(14-22(21)23)15-24-25(30)28-26(31)32-24/h2-7,10,13-15,17H,8-9,11-12,16H2,1H3,(H,28,30,31). The van der Waals surface area contributed by atoms with Crippen molar-refractivity contribution in [1.29, 1.82) is 0 Å². The normalized spacial score (nSPS) is 19.1. The monoisotopic (exact) mass is 443 g/mol. The van der Waals surface area contributed by atoms with E-state index in [4.69, 9.17) is 0 Å². The lowest BCUT2D eigenvalue weighted by atomic mass is 9.97. The van der Waals surface area contributed by atoms with Gasteiger partial charge in [-0.25, -0.2) is 0 Å². The number of rotatable bonds is 4. The van der Waals surface area contributed by atoms with Gasteiger partial charge in [-0.05, 0) is 96.2 Å². The van der Waals surface area contributed by atoms with Crippen molar-refractivity contribution in [3.8, 4) is 11.1 Å². The number of nitrogens with one attached hydrogen (secondary N) is 1. The smallest absolute Gasteiger partial charge is 0.290 e. The van der Waals surface area contributed by atoms with Gasteiger partial charge in [0.2, 0.25) is 0 Å². The molecule has 6 heteroatoms. The van der Waals surface area contributed by atoms with E-state index in [1.807, 2.05) is 30.5 Å². The lowest BCUT2D eigenvalue weighted by Crippen LogP contribution is -2.32. The highest BCUT2D eigenvalue weighted by atomic mass is 32.2. The summed E-state index contributed by atoms with van der Waals surface area (Å²) in [7, 11) is 0. The van der Waals surface area contributed by atoms with Crippen molar-refractivity contribution in [1.82, 2.24) is 15.2 Å². The van der Waals surface area contributed by atoms with E-state index >= 15 is 0 Å². The molecule has 0 radical (unpaired) electrons. The zero-order valence-corrected chi connectivity index (χ0v) is 18.8. The fourth-order valence-electron chi connectivity index (χ4n) is 4.39. The van der Waals surface area contributed by atoms with Gasteiger partial charge in [0, 0.05) is 18.1 Å². The molecule has 2 aliphatic heterocycles. The van der Waals surface area contributed by atoms with Gasteiger partial charge in [0.25, 0.3) is 11.1 Å². The molecule has 0 aliphatic carbocycles. The minimum absolute atomic E-state index is 0.329. The maximum Gasteiger partial charge on any atom is 0.290 e. The third kappa shape index (κ3) is 4.47. The number of aromatic nitrogens is 1. The molecule has 0 atom stereocenters. The first kappa shape index (κ1) is 20.9. The number of likely N-dealkylation sites (tertiary alicyclic amines) is 1. The molecule has 3 heterocycles. The molecule has 0 saturated carbocycles. The number of thioether (sulfide) groups is 1. The molecule has 2 aliphatic rings. The lowest BCUT2D eigenvalue weighted by molar-refractivity contribution is -0.115. The van der Waals surface area contributed by atoms with E-state index in [1.54, 1.807) is 6.08 Å². The number of hydrogen-bond acceptors (Lipinski definition) is 5. The van der Waals surface area contributed by atoms with E-state index in [0.29, 0.717) is 4.91 Å². The number of carbonyl (C=O) groups excluding carboxylic acids is 2. The summed E-state index contributed by atoms with van der Waals surface area (Å²) in [5.74, 6) is 0.489. The third-order valence-corrected chi connectivity index (χ3v) is 7.04. The van der Waals surface area contributed by atoms with Crippen LogP contribution in [0.2, 0.25) is 0 Å². The Labute approximate surface area is 191 Å². The molecule has 2 saturated heterocycles. The maximum atomic E-state index is 11.9. The fraction of sp³-hybridized carbons (Fsp3) is 0.269. The van der Waals surface area contributed by atoms with Crippen LogP contribution in [0.3, 0.4) is 0 Å². The second-order valence-electron chi connectivity index (χ2n) is 8.65. The summed E-state index contributed by atoms with van der Waals surface area (Å²) in [4.78, 5) is 30.9. The minimum Gasteiger partial charge on any atom is -0.299 e. The first-order valence-electron chi connectivity index (χ1n) is 11.0. The number of benzene rings is 2. The Morgan fingerprint density at radius 3 is 2.75 bits per heavy atom. The molecule has 2 amide bonds. The van der Waals surface area contributed by atoms with Gasteiger partial charge in [-0.3, -0.25) is 24.8 Å². The molecule has 5 rings (SSSR count). The molecule has 3 aromatic rings. The van der Waals surface area contributed by atoms with E-state index < -0.39 is 0 Å². The predicted octanol–water partition coefficient (Wildman–Crippen LogP) is 5.46. The van der Waals surface area contributed by atoms with Crippen LogP contribution < -0.4 is 5.32 Å². The van der Waals surface area contributed by atoms with E-state index in [2.05, 4.69) is 46.4 Å². The highest BCUT2D eigenvalue weighted by Gasteiger charge is 2.25. The number of piperidine rings is 1. The van der Waals surface area contributed by atoms with Crippen LogP contribution in [0, 0.1) is 5.92 Å². The first-order chi connectivity index (χ1) is 15.5. The van der Waals surface area contributed by atoms with Crippen LogP contribution in [0.5, 0.6) is 0 Å². The van der Waals surface area contributed by atoms with Gasteiger partial charge < -0.3 is 0 Å². The topological polar surface area (TPSA) is 62.3 Å².